The Bertz CT molecular complexity index is 550. The fourth-order valence-electron chi connectivity index (χ4n) is 1.84. The van der Waals surface area contributed by atoms with Crippen LogP contribution in [0.2, 0.25) is 0 Å². The molecule has 0 aliphatic rings. The minimum Gasteiger partial charge on any atom is -0.497 e. The average Bonchev–Trinajstić information content (AvgIpc) is 2.53. The van der Waals surface area contributed by atoms with Gasteiger partial charge in [0.05, 0.1) is 21.3 Å². The molecule has 0 bridgehead atoms. The van der Waals surface area contributed by atoms with Gasteiger partial charge in [0, 0.05) is 30.5 Å². The van der Waals surface area contributed by atoms with Gasteiger partial charge in [0.15, 0.2) is 0 Å². The van der Waals surface area contributed by atoms with Gasteiger partial charge in [-0.25, -0.2) is 4.79 Å². The molecule has 0 heterocycles. The topological polar surface area (TPSA) is 71.1 Å². The predicted molar refractivity (Wildman–Crippen MR) is 80.1 cm³/mol. The molecule has 0 spiro atoms. The maximum Gasteiger partial charge on any atom is 0.330 e. The molecule has 0 aromatic heterocycles. The standard InChI is InChI=1S/C16H20O6/c1-11(17)22-10-12(5-8-16(18)21-4)14-7-6-13(19-2)9-15(14)20-3/h5-9,12H,10H2,1-4H3/b8-5+/t12-/m0/s1. The molecule has 1 aromatic rings. The second kappa shape index (κ2) is 8.71. The second-order valence-corrected chi connectivity index (χ2v) is 4.40. The maximum absolute atomic E-state index is 11.3. The Labute approximate surface area is 129 Å². The van der Waals surface area contributed by atoms with Crippen LogP contribution in [0.25, 0.3) is 0 Å². The van der Waals surface area contributed by atoms with E-state index in [1.54, 1.807) is 31.4 Å². The van der Waals surface area contributed by atoms with Gasteiger partial charge in [-0.15, -0.1) is 0 Å². The summed E-state index contributed by atoms with van der Waals surface area (Å²) in [5.74, 6) is -0.0112. The predicted octanol–water partition coefficient (Wildman–Crippen LogP) is 2.08. The molecular weight excluding hydrogens is 288 g/mol. The average molecular weight is 308 g/mol. The molecule has 22 heavy (non-hydrogen) atoms. The minimum atomic E-state index is -0.486. The van der Waals surface area contributed by atoms with E-state index in [0.29, 0.717) is 11.5 Å². The van der Waals surface area contributed by atoms with Crippen molar-refractivity contribution in [2.45, 2.75) is 12.8 Å². The molecule has 0 fully saturated rings. The van der Waals surface area contributed by atoms with Gasteiger partial charge in [-0.3, -0.25) is 4.79 Å². The van der Waals surface area contributed by atoms with Crippen LogP contribution < -0.4 is 9.47 Å². The number of carbonyl (C=O) groups excluding carboxylic acids is 2. The quantitative estimate of drug-likeness (QED) is 0.567. The summed E-state index contributed by atoms with van der Waals surface area (Å²) in [4.78, 5) is 22.3. The summed E-state index contributed by atoms with van der Waals surface area (Å²) in [5.41, 5.74) is 0.768. The van der Waals surface area contributed by atoms with Crippen LogP contribution in [0.1, 0.15) is 18.4 Å². The first kappa shape index (κ1) is 17.6. The van der Waals surface area contributed by atoms with Crippen molar-refractivity contribution in [3.8, 4) is 11.5 Å². The highest BCUT2D eigenvalue weighted by molar-refractivity contribution is 5.82. The smallest absolute Gasteiger partial charge is 0.330 e. The molecule has 0 N–H and O–H groups in total. The van der Waals surface area contributed by atoms with Crippen LogP contribution in [0.5, 0.6) is 11.5 Å². The number of esters is 2. The van der Waals surface area contributed by atoms with Crippen molar-refractivity contribution in [3.05, 3.63) is 35.9 Å². The minimum absolute atomic E-state index is 0.0888. The van der Waals surface area contributed by atoms with Gasteiger partial charge in [0.1, 0.15) is 18.1 Å². The van der Waals surface area contributed by atoms with Gasteiger partial charge >= 0.3 is 11.9 Å². The van der Waals surface area contributed by atoms with Crippen molar-refractivity contribution in [2.24, 2.45) is 0 Å². The van der Waals surface area contributed by atoms with Crippen molar-refractivity contribution >= 4 is 11.9 Å². The summed E-state index contributed by atoms with van der Waals surface area (Å²) < 4.78 is 20.1. The SMILES string of the molecule is COC(=O)/C=C/[C@@H](COC(C)=O)c1ccc(OC)cc1OC. The summed E-state index contributed by atoms with van der Waals surface area (Å²) in [5, 5.41) is 0. The summed E-state index contributed by atoms with van der Waals surface area (Å²) in [6.07, 6.45) is 2.90. The lowest BCUT2D eigenvalue weighted by Gasteiger charge is -2.17. The first-order chi connectivity index (χ1) is 10.5. The van der Waals surface area contributed by atoms with E-state index in [1.165, 1.54) is 27.2 Å². The first-order valence-corrected chi connectivity index (χ1v) is 6.63. The van der Waals surface area contributed by atoms with E-state index < -0.39 is 11.9 Å². The zero-order chi connectivity index (χ0) is 16.5. The number of methoxy groups -OCH3 is 3. The van der Waals surface area contributed by atoms with E-state index in [9.17, 15) is 9.59 Å². The zero-order valence-corrected chi connectivity index (χ0v) is 13.1. The number of benzene rings is 1. The third kappa shape index (κ3) is 5.12. The van der Waals surface area contributed by atoms with Gasteiger partial charge < -0.3 is 18.9 Å². The summed E-state index contributed by atoms with van der Waals surface area (Å²) in [7, 11) is 4.38. The van der Waals surface area contributed by atoms with Gasteiger partial charge in [0.2, 0.25) is 0 Å². The van der Waals surface area contributed by atoms with Crippen LogP contribution in [0.4, 0.5) is 0 Å². The van der Waals surface area contributed by atoms with Crippen LogP contribution in [0, 0.1) is 0 Å². The van der Waals surface area contributed by atoms with Crippen LogP contribution in [0.15, 0.2) is 30.4 Å². The van der Waals surface area contributed by atoms with Crippen LogP contribution >= 0.6 is 0 Å². The molecule has 0 radical (unpaired) electrons. The maximum atomic E-state index is 11.3. The van der Waals surface area contributed by atoms with Gasteiger partial charge in [0.25, 0.3) is 0 Å². The Hall–Kier alpha value is -2.50. The Balaban J connectivity index is 3.10. The van der Waals surface area contributed by atoms with Crippen molar-refractivity contribution in [1.82, 2.24) is 0 Å². The fourth-order valence-corrected chi connectivity index (χ4v) is 1.84. The molecule has 1 rings (SSSR count). The fraction of sp³-hybridized carbons (Fsp3) is 0.375. The van der Waals surface area contributed by atoms with Crippen molar-refractivity contribution in [2.75, 3.05) is 27.9 Å². The molecule has 0 amide bonds. The first-order valence-electron chi connectivity index (χ1n) is 6.63. The molecule has 0 aliphatic carbocycles. The van der Waals surface area contributed by atoms with E-state index in [0.717, 1.165) is 5.56 Å². The lowest BCUT2D eigenvalue weighted by Crippen LogP contribution is -2.11. The van der Waals surface area contributed by atoms with Crippen molar-refractivity contribution in [1.29, 1.82) is 0 Å². The molecule has 1 aromatic carbocycles. The van der Waals surface area contributed by atoms with E-state index in [-0.39, 0.29) is 12.5 Å². The van der Waals surface area contributed by atoms with E-state index in [4.69, 9.17) is 14.2 Å². The molecular formula is C16H20O6. The lowest BCUT2D eigenvalue weighted by molar-refractivity contribution is -0.141. The Morgan fingerprint density at radius 1 is 1.18 bits per heavy atom. The normalized spacial score (nSPS) is 11.8. The lowest BCUT2D eigenvalue weighted by atomic mass is 9.98. The van der Waals surface area contributed by atoms with Gasteiger partial charge in [-0.1, -0.05) is 12.1 Å². The molecule has 120 valence electrons. The third-order valence-electron chi connectivity index (χ3n) is 2.97. The Kier molecular flexibility index (Phi) is 6.95. The van der Waals surface area contributed by atoms with Gasteiger partial charge in [-0.05, 0) is 6.07 Å². The molecule has 6 nitrogen and oxygen atoms in total. The monoisotopic (exact) mass is 308 g/mol. The number of carbonyl (C=O) groups is 2. The number of hydrogen-bond acceptors (Lipinski definition) is 6. The zero-order valence-electron chi connectivity index (χ0n) is 13.1. The van der Waals surface area contributed by atoms with Crippen LogP contribution in [0.3, 0.4) is 0 Å². The van der Waals surface area contributed by atoms with Crippen molar-refractivity contribution in [3.63, 3.8) is 0 Å². The summed E-state index contributed by atoms with van der Waals surface area (Å²) in [6, 6.07) is 5.29. The van der Waals surface area contributed by atoms with E-state index in [1.807, 2.05) is 0 Å². The number of rotatable bonds is 7. The Morgan fingerprint density at radius 3 is 2.45 bits per heavy atom. The summed E-state index contributed by atoms with van der Waals surface area (Å²) in [6.45, 7) is 1.41. The number of hydrogen-bond donors (Lipinski definition) is 0. The van der Waals surface area contributed by atoms with Gasteiger partial charge in [-0.2, -0.15) is 0 Å². The molecule has 6 heteroatoms. The number of ether oxygens (including phenoxy) is 4. The highest BCUT2D eigenvalue weighted by atomic mass is 16.5. The molecule has 0 saturated carbocycles. The van der Waals surface area contributed by atoms with Crippen molar-refractivity contribution < 1.29 is 28.5 Å². The van der Waals surface area contributed by atoms with Crippen LogP contribution in [-0.4, -0.2) is 39.9 Å². The highest BCUT2D eigenvalue weighted by Crippen LogP contribution is 2.31. The second-order valence-electron chi connectivity index (χ2n) is 4.40. The Morgan fingerprint density at radius 2 is 1.91 bits per heavy atom. The summed E-state index contributed by atoms with van der Waals surface area (Å²) >= 11 is 0. The third-order valence-corrected chi connectivity index (χ3v) is 2.97. The van der Waals surface area contributed by atoms with E-state index in [2.05, 4.69) is 4.74 Å². The van der Waals surface area contributed by atoms with Crippen LogP contribution in [-0.2, 0) is 19.1 Å². The molecule has 0 saturated heterocycles. The largest absolute Gasteiger partial charge is 0.497 e. The molecule has 1 atom stereocenters. The molecule has 0 unspecified atom stereocenters. The highest BCUT2D eigenvalue weighted by Gasteiger charge is 2.16. The van der Waals surface area contributed by atoms with E-state index >= 15 is 0 Å². The molecule has 0 aliphatic heterocycles.